The number of nitrogens with one attached hydrogen (secondary N) is 1. The Labute approximate surface area is 116 Å². The molecule has 0 aliphatic carbocycles. The summed E-state index contributed by atoms with van der Waals surface area (Å²) in [7, 11) is -2.73. The summed E-state index contributed by atoms with van der Waals surface area (Å²) in [6.07, 6.45) is 6.51. The molecule has 18 heavy (non-hydrogen) atoms. The van der Waals surface area contributed by atoms with Crippen LogP contribution in [0.2, 0.25) is 0 Å². The number of hydrogen-bond donors (Lipinski definition) is 1. The Morgan fingerprint density at radius 2 is 2.22 bits per heavy atom. The fourth-order valence-electron chi connectivity index (χ4n) is 2.65. The lowest BCUT2D eigenvalue weighted by Gasteiger charge is -2.23. The molecule has 0 radical (unpaired) electrons. The lowest BCUT2D eigenvalue weighted by atomic mass is 9.88. The lowest BCUT2D eigenvalue weighted by Crippen LogP contribution is -2.29. The highest BCUT2D eigenvalue weighted by Crippen LogP contribution is 2.29. The van der Waals surface area contributed by atoms with E-state index < -0.39 is 9.84 Å². The van der Waals surface area contributed by atoms with Gasteiger partial charge in [-0.05, 0) is 62.6 Å². The van der Waals surface area contributed by atoms with Crippen LogP contribution in [0.3, 0.4) is 0 Å². The zero-order valence-electron chi connectivity index (χ0n) is 11.7. The molecule has 108 valence electrons. The zero-order valence-corrected chi connectivity index (χ0v) is 13.3. The van der Waals surface area contributed by atoms with Gasteiger partial charge in [-0.15, -0.1) is 0 Å². The second-order valence-electron chi connectivity index (χ2n) is 5.26. The van der Waals surface area contributed by atoms with Crippen LogP contribution in [0.1, 0.15) is 32.6 Å². The smallest absolute Gasteiger partial charge is 0.150 e. The molecule has 2 atom stereocenters. The first-order chi connectivity index (χ1) is 8.59. The Hall–Kier alpha value is 0.260. The van der Waals surface area contributed by atoms with Gasteiger partial charge in [0, 0.05) is 0 Å². The maximum atomic E-state index is 11.6. The molecule has 3 nitrogen and oxygen atoms in total. The van der Waals surface area contributed by atoms with E-state index in [1.165, 1.54) is 12.2 Å². The van der Waals surface area contributed by atoms with Gasteiger partial charge in [-0.1, -0.05) is 6.92 Å². The van der Waals surface area contributed by atoms with Crippen LogP contribution in [-0.2, 0) is 9.84 Å². The van der Waals surface area contributed by atoms with E-state index in [1.54, 1.807) is 0 Å². The molecule has 0 bridgehead atoms. The van der Waals surface area contributed by atoms with Gasteiger partial charge in [0.15, 0.2) is 9.84 Å². The maximum absolute atomic E-state index is 11.6. The van der Waals surface area contributed by atoms with Gasteiger partial charge in [-0.25, -0.2) is 8.42 Å². The van der Waals surface area contributed by atoms with Crippen molar-refractivity contribution in [1.29, 1.82) is 0 Å². The predicted molar refractivity (Wildman–Crippen MR) is 81.0 cm³/mol. The first-order valence-electron chi connectivity index (χ1n) is 6.99. The molecule has 0 amide bonds. The van der Waals surface area contributed by atoms with Gasteiger partial charge in [0.1, 0.15) is 0 Å². The Morgan fingerprint density at radius 1 is 1.44 bits per heavy atom. The maximum Gasteiger partial charge on any atom is 0.150 e. The normalized spacial score (nSPS) is 24.2. The summed E-state index contributed by atoms with van der Waals surface area (Å²) in [5, 5.41) is 3.46. The molecule has 2 unspecified atom stereocenters. The fourth-order valence-corrected chi connectivity index (χ4v) is 5.03. The second kappa shape index (κ2) is 8.43. The van der Waals surface area contributed by atoms with Gasteiger partial charge in [-0.2, -0.15) is 11.8 Å². The first-order valence-corrected chi connectivity index (χ1v) is 10.2. The third kappa shape index (κ3) is 5.93. The molecule has 0 aromatic rings. The van der Waals surface area contributed by atoms with Gasteiger partial charge < -0.3 is 5.32 Å². The van der Waals surface area contributed by atoms with Crippen LogP contribution in [0, 0.1) is 11.8 Å². The minimum atomic E-state index is -2.73. The molecule has 1 N–H and O–H groups in total. The molecule has 1 aliphatic heterocycles. The summed E-state index contributed by atoms with van der Waals surface area (Å²) in [5.74, 6) is 2.95. The van der Waals surface area contributed by atoms with Crippen molar-refractivity contribution in [2.45, 2.75) is 32.6 Å². The summed E-state index contributed by atoms with van der Waals surface area (Å²) < 4.78 is 23.2. The van der Waals surface area contributed by atoms with E-state index in [0.29, 0.717) is 23.3 Å². The third-order valence-corrected chi connectivity index (χ3v) is 6.18. The quantitative estimate of drug-likeness (QED) is 0.662. The molecule has 0 aromatic carbocycles. The van der Waals surface area contributed by atoms with E-state index in [9.17, 15) is 8.42 Å². The Bertz CT molecular complexity index is 307. The van der Waals surface area contributed by atoms with Crippen LogP contribution in [0.4, 0.5) is 0 Å². The molecule has 1 saturated heterocycles. The average molecular weight is 293 g/mol. The van der Waals surface area contributed by atoms with Crippen LogP contribution in [0.25, 0.3) is 0 Å². The monoisotopic (exact) mass is 293 g/mol. The SMILES string of the molecule is CCCNCC(CCCSC)C1CCS(=O)(=O)C1. The van der Waals surface area contributed by atoms with Crippen LogP contribution in [-0.4, -0.2) is 45.0 Å². The molecule has 1 fully saturated rings. The number of hydrogen-bond acceptors (Lipinski definition) is 4. The average Bonchev–Trinajstić information content (AvgIpc) is 2.68. The zero-order chi connectivity index (χ0) is 13.4. The molecule has 1 rings (SSSR count). The first kappa shape index (κ1) is 16.3. The highest BCUT2D eigenvalue weighted by atomic mass is 32.2. The minimum Gasteiger partial charge on any atom is -0.316 e. The van der Waals surface area contributed by atoms with E-state index in [2.05, 4.69) is 18.5 Å². The van der Waals surface area contributed by atoms with Crippen molar-refractivity contribution in [3.8, 4) is 0 Å². The van der Waals surface area contributed by atoms with Crippen molar-refractivity contribution in [3.63, 3.8) is 0 Å². The van der Waals surface area contributed by atoms with Gasteiger partial charge in [0.2, 0.25) is 0 Å². The molecular formula is C13H27NO2S2. The van der Waals surface area contributed by atoms with Crippen molar-refractivity contribution in [2.24, 2.45) is 11.8 Å². The minimum absolute atomic E-state index is 0.390. The van der Waals surface area contributed by atoms with Crippen molar-refractivity contribution < 1.29 is 8.42 Å². The molecule has 1 aliphatic rings. The van der Waals surface area contributed by atoms with Crippen molar-refractivity contribution in [1.82, 2.24) is 5.32 Å². The molecule has 0 spiro atoms. The summed E-state index contributed by atoms with van der Waals surface area (Å²) in [4.78, 5) is 0. The Morgan fingerprint density at radius 3 is 2.78 bits per heavy atom. The predicted octanol–water partition coefficient (Wildman–Crippen LogP) is 2.18. The second-order valence-corrected chi connectivity index (χ2v) is 8.48. The van der Waals surface area contributed by atoms with Gasteiger partial charge in [0.05, 0.1) is 11.5 Å². The van der Waals surface area contributed by atoms with Crippen LogP contribution in [0.15, 0.2) is 0 Å². The number of rotatable bonds is 9. The van der Waals surface area contributed by atoms with Crippen LogP contribution < -0.4 is 5.32 Å². The molecule has 5 heteroatoms. The van der Waals surface area contributed by atoms with Crippen molar-refractivity contribution in [3.05, 3.63) is 0 Å². The van der Waals surface area contributed by atoms with Crippen LogP contribution >= 0.6 is 11.8 Å². The summed E-state index contributed by atoms with van der Waals surface area (Å²) in [6.45, 7) is 4.19. The molecule has 0 saturated carbocycles. The van der Waals surface area contributed by atoms with Crippen molar-refractivity contribution >= 4 is 21.6 Å². The van der Waals surface area contributed by atoms with E-state index in [1.807, 2.05) is 11.8 Å². The van der Waals surface area contributed by atoms with Gasteiger partial charge in [-0.3, -0.25) is 0 Å². The van der Waals surface area contributed by atoms with Gasteiger partial charge in [0.25, 0.3) is 0 Å². The van der Waals surface area contributed by atoms with E-state index >= 15 is 0 Å². The molecule has 0 aromatic heterocycles. The summed E-state index contributed by atoms with van der Waals surface area (Å²) in [6, 6.07) is 0. The Balaban J connectivity index is 2.43. The Kier molecular flexibility index (Phi) is 7.64. The topological polar surface area (TPSA) is 46.2 Å². The van der Waals surface area contributed by atoms with Crippen LogP contribution in [0.5, 0.6) is 0 Å². The van der Waals surface area contributed by atoms with E-state index in [-0.39, 0.29) is 0 Å². The molecule has 1 heterocycles. The summed E-state index contributed by atoms with van der Waals surface area (Å²) >= 11 is 1.88. The third-order valence-electron chi connectivity index (χ3n) is 3.69. The number of sulfone groups is 1. The highest BCUT2D eigenvalue weighted by Gasteiger charge is 2.32. The van der Waals surface area contributed by atoms with Crippen molar-refractivity contribution in [2.75, 3.05) is 36.6 Å². The van der Waals surface area contributed by atoms with E-state index in [0.717, 1.165) is 32.4 Å². The summed E-state index contributed by atoms with van der Waals surface area (Å²) in [5.41, 5.74) is 0. The number of thioether (sulfide) groups is 1. The van der Waals surface area contributed by atoms with Gasteiger partial charge >= 0.3 is 0 Å². The fraction of sp³-hybridized carbons (Fsp3) is 1.00. The molecular weight excluding hydrogens is 266 g/mol. The van der Waals surface area contributed by atoms with E-state index in [4.69, 9.17) is 0 Å². The lowest BCUT2D eigenvalue weighted by molar-refractivity contribution is 0.324. The highest BCUT2D eigenvalue weighted by molar-refractivity contribution is 7.98. The largest absolute Gasteiger partial charge is 0.316 e. The standard InChI is InChI=1S/C13H27NO2S2/c1-3-7-14-10-12(5-4-8-17-2)13-6-9-18(15,16)11-13/h12-14H,3-11H2,1-2H3.